The number of benzene rings is 2. The van der Waals surface area contributed by atoms with Crippen LogP contribution in [-0.4, -0.2) is 46.8 Å². The monoisotopic (exact) mass is 441 g/mol. The molecule has 1 heterocycles. The number of nitrogens with zero attached hydrogens (tertiary/aromatic N) is 2. The molecule has 3 rings (SSSR count). The molecule has 0 saturated carbocycles. The van der Waals surface area contributed by atoms with Gasteiger partial charge in [-0.15, -0.1) is 0 Å². The van der Waals surface area contributed by atoms with E-state index in [0.717, 1.165) is 30.1 Å². The molecule has 8 heteroatoms. The Labute approximate surface area is 187 Å². The molecule has 7 nitrogen and oxygen atoms in total. The fraction of sp³-hybridized carbons (Fsp3) is 0.304. The third-order valence-corrected chi connectivity index (χ3v) is 5.60. The highest BCUT2D eigenvalue weighted by molar-refractivity contribution is 6.35. The van der Waals surface area contributed by atoms with E-state index in [-0.39, 0.29) is 5.96 Å². The first-order valence-electron chi connectivity index (χ1n) is 10.2. The van der Waals surface area contributed by atoms with Crippen LogP contribution in [0.1, 0.15) is 35.5 Å². The molecular formula is C23H28ClN5O2. The van der Waals surface area contributed by atoms with Gasteiger partial charge in [0.2, 0.25) is 0 Å². The summed E-state index contributed by atoms with van der Waals surface area (Å²) in [6.07, 6.45) is 0. The van der Waals surface area contributed by atoms with Crippen molar-refractivity contribution in [1.82, 2.24) is 14.8 Å². The van der Waals surface area contributed by atoms with Gasteiger partial charge < -0.3 is 15.5 Å². The third-order valence-electron chi connectivity index (χ3n) is 5.29. The average Bonchev–Trinajstić information content (AvgIpc) is 3.20. The van der Waals surface area contributed by atoms with E-state index in [1.54, 1.807) is 18.2 Å². The normalized spacial score (nSPS) is 11.1. The van der Waals surface area contributed by atoms with Gasteiger partial charge in [0.05, 0.1) is 10.5 Å². The zero-order chi connectivity index (χ0) is 22.5. The molecule has 2 aromatic carbocycles. The molecule has 0 bridgehead atoms. The predicted molar refractivity (Wildman–Crippen MR) is 125 cm³/mol. The number of ether oxygens (including phenoxy) is 1. The number of guanidine groups is 1. The Hall–Kier alpha value is -3.03. The maximum Gasteiger partial charge on any atom is 0.276 e. The molecular weight excluding hydrogens is 414 g/mol. The van der Waals surface area contributed by atoms with E-state index in [1.165, 1.54) is 12.6 Å². The number of nitrogens with one attached hydrogen (secondary N) is 2. The van der Waals surface area contributed by atoms with E-state index < -0.39 is 5.91 Å². The number of fused-ring (bicyclic) bond motifs is 1. The van der Waals surface area contributed by atoms with Gasteiger partial charge in [0.15, 0.2) is 5.96 Å². The van der Waals surface area contributed by atoms with E-state index in [1.807, 2.05) is 0 Å². The Balaban J connectivity index is 1.71. The van der Waals surface area contributed by atoms with Crippen molar-refractivity contribution < 1.29 is 9.53 Å². The summed E-state index contributed by atoms with van der Waals surface area (Å²) in [7, 11) is 1.44. The number of aromatic nitrogens is 1. The SMILES string of the molecule is CCN(CC)Cc1ccc(COc2cc(Cl)c3cc(C(=O)N(C)C(=N)N)[nH]c3c2)cc1. The van der Waals surface area contributed by atoms with Gasteiger partial charge in [0.25, 0.3) is 5.91 Å². The average molecular weight is 442 g/mol. The first-order valence-corrected chi connectivity index (χ1v) is 10.6. The quantitative estimate of drug-likeness (QED) is 0.360. The molecule has 0 radical (unpaired) electrons. The van der Waals surface area contributed by atoms with E-state index in [9.17, 15) is 4.79 Å². The predicted octanol–water partition coefficient (Wildman–Crippen LogP) is 4.21. The van der Waals surface area contributed by atoms with E-state index >= 15 is 0 Å². The lowest BCUT2D eigenvalue weighted by Crippen LogP contribution is -2.38. The second-order valence-electron chi connectivity index (χ2n) is 7.37. The minimum absolute atomic E-state index is 0.301. The van der Waals surface area contributed by atoms with Crippen molar-refractivity contribution in [3.63, 3.8) is 0 Å². The standard InChI is InChI=1S/C23H28ClN5O2/c1-4-29(5-2)13-15-6-8-16(9-7-15)14-31-17-10-19(24)18-12-21(27-20(18)11-17)22(30)28(3)23(25)26/h6-12,27H,4-5,13-14H2,1-3H3,(H3,25,26). The molecule has 0 saturated heterocycles. The molecule has 0 unspecified atom stereocenters. The number of carbonyl (C=O) groups is 1. The molecule has 0 aliphatic heterocycles. The third kappa shape index (κ3) is 5.37. The largest absolute Gasteiger partial charge is 0.489 e. The van der Waals surface area contributed by atoms with E-state index in [0.29, 0.717) is 34.0 Å². The van der Waals surface area contributed by atoms with E-state index in [2.05, 4.69) is 48.0 Å². The number of amides is 1. The number of hydrogen-bond acceptors (Lipinski definition) is 4. The highest BCUT2D eigenvalue weighted by Gasteiger charge is 2.18. The number of halogens is 1. The Morgan fingerprint density at radius 3 is 2.39 bits per heavy atom. The van der Waals surface area contributed by atoms with Crippen LogP contribution in [-0.2, 0) is 13.2 Å². The fourth-order valence-corrected chi connectivity index (χ4v) is 3.53. The lowest BCUT2D eigenvalue weighted by molar-refractivity contribution is 0.0864. The van der Waals surface area contributed by atoms with Gasteiger partial charge in [0.1, 0.15) is 18.1 Å². The van der Waals surface area contributed by atoms with Crippen LogP contribution < -0.4 is 10.5 Å². The first-order chi connectivity index (χ1) is 14.8. The van der Waals surface area contributed by atoms with Crippen LogP contribution in [0.3, 0.4) is 0 Å². The summed E-state index contributed by atoms with van der Waals surface area (Å²) in [5.74, 6) is -0.139. The second-order valence-corrected chi connectivity index (χ2v) is 7.77. The van der Waals surface area contributed by atoms with Crippen LogP contribution in [0.4, 0.5) is 0 Å². The smallest absolute Gasteiger partial charge is 0.276 e. The van der Waals surface area contributed by atoms with Crippen molar-refractivity contribution in [3.05, 3.63) is 64.3 Å². The zero-order valence-electron chi connectivity index (χ0n) is 18.0. The maximum absolute atomic E-state index is 12.4. The van der Waals surface area contributed by atoms with Gasteiger partial charge in [-0.2, -0.15) is 0 Å². The molecule has 0 aliphatic carbocycles. The van der Waals surface area contributed by atoms with Crippen LogP contribution in [0.15, 0.2) is 42.5 Å². The van der Waals surface area contributed by atoms with Gasteiger partial charge in [-0.25, -0.2) is 0 Å². The zero-order valence-corrected chi connectivity index (χ0v) is 18.8. The summed E-state index contributed by atoms with van der Waals surface area (Å²) in [5, 5.41) is 8.59. The van der Waals surface area contributed by atoms with Crippen LogP contribution in [0.5, 0.6) is 5.75 Å². The summed E-state index contributed by atoms with van der Waals surface area (Å²) in [5.41, 5.74) is 8.70. The molecule has 0 atom stereocenters. The molecule has 31 heavy (non-hydrogen) atoms. The van der Waals surface area contributed by atoms with Crippen molar-refractivity contribution in [3.8, 4) is 5.75 Å². The lowest BCUT2D eigenvalue weighted by atomic mass is 10.1. The van der Waals surface area contributed by atoms with Gasteiger partial charge >= 0.3 is 0 Å². The molecule has 0 aliphatic rings. The van der Waals surface area contributed by atoms with E-state index in [4.69, 9.17) is 27.5 Å². The summed E-state index contributed by atoms with van der Waals surface area (Å²) in [6, 6.07) is 13.6. The molecule has 1 aromatic heterocycles. The highest BCUT2D eigenvalue weighted by atomic mass is 35.5. The number of nitrogens with two attached hydrogens (primary N) is 1. The number of hydrogen-bond donors (Lipinski definition) is 3. The highest BCUT2D eigenvalue weighted by Crippen LogP contribution is 2.30. The number of aromatic amines is 1. The fourth-order valence-electron chi connectivity index (χ4n) is 3.27. The van der Waals surface area contributed by atoms with Crippen molar-refractivity contribution >= 4 is 34.4 Å². The molecule has 4 N–H and O–H groups in total. The Bertz CT molecular complexity index is 1070. The molecule has 0 fully saturated rings. The van der Waals surface area contributed by atoms with Gasteiger partial charge in [-0.05, 0) is 36.3 Å². The van der Waals surface area contributed by atoms with Crippen LogP contribution >= 0.6 is 11.6 Å². The minimum atomic E-state index is -0.410. The van der Waals surface area contributed by atoms with Crippen LogP contribution in [0.25, 0.3) is 10.9 Å². The van der Waals surface area contributed by atoms with Crippen molar-refractivity contribution in [2.75, 3.05) is 20.1 Å². The van der Waals surface area contributed by atoms with Crippen molar-refractivity contribution in [1.29, 1.82) is 5.41 Å². The Morgan fingerprint density at radius 1 is 1.13 bits per heavy atom. The summed E-state index contributed by atoms with van der Waals surface area (Å²) in [6.45, 7) is 7.74. The maximum atomic E-state index is 12.4. The van der Waals surface area contributed by atoms with Crippen molar-refractivity contribution in [2.45, 2.75) is 27.0 Å². The Morgan fingerprint density at radius 2 is 1.77 bits per heavy atom. The minimum Gasteiger partial charge on any atom is -0.489 e. The molecule has 1 amide bonds. The lowest BCUT2D eigenvalue weighted by Gasteiger charge is -2.18. The number of carbonyl (C=O) groups excluding carboxylic acids is 1. The Kier molecular flexibility index (Phi) is 7.20. The van der Waals surface area contributed by atoms with Crippen LogP contribution in [0, 0.1) is 5.41 Å². The summed E-state index contributed by atoms with van der Waals surface area (Å²) < 4.78 is 5.94. The molecule has 3 aromatic rings. The van der Waals surface area contributed by atoms with Crippen LogP contribution in [0.2, 0.25) is 5.02 Å². The van der Waals surface area contributed by atoms with Crippen molar-refractivity contribution in [2.24, 2.45) is 5.73 Å². The number of H-pyrrole nitrogens is 1. The molecule has 164 valence electrons. The first kappa shape index (κ1) is 22.7. The van der Waals surface area contributed by atoms with Gasteiger partial charge in [0, 0.05) is 25.0 Å². The second kappa shape index (κ2) is 9.85. The topological polar surface area (TPSA) is 98.4 Å². The number of rotatable bonds is 8. The van der Waals surface area contributed by atoms with Gasteiger partial charge in [-0.1, -0.05) is 49.7 Å². The molecule has 0 spiro atoms. The van der Waals surface area contributed by atoms with Gasteiger partial charge in [-0.3, -0.25) is 20.0 Å². The summed E-state index contributed by atoms with van der Waals surface area (Å²) >= 11 is 6.40. The summed E-state index contributed by atoms with van der Waals surface area (Å²) in [4.78, 5) is 18.8.